The second-order valence-corrected chi connectivity index (χ2v) is 6.66. The molecule has 3 aliphatic carbocycles. The maximum Gasteiger partial charge on any atom is -0.00112 e. The fourth-order valence-electron chi connectivity index (χ4n) is 3.77. The van der Waals surface area contributed by atoms with Crippen molar-refractivity contribution < 1.29 is 0 Å². The highest BCUT2D eigenvalue weighted by molar-refractivity contribution is 9.11. The number of hydrogen-bond donors (Lipinski definition) is 0. The molecule has 3 aliphatic rings. The molecule has 2 fully saturated rings. The molecule has 0 nitrogen and oxygen atoms in total. The van der Waals surface area contributed by atoms with Crippen LogP contribution in [0.3, 0.4) is 0 Å². The standard InChI is InChI=1S/C14H19Br/c1-10-4-5-13(15)12-9-14(8-11(10)12)6-2-3-7-14/h2-9H2,1H3. The predicted molar refractivity (Wildman–Crippen MR) is 68.0 cm³/mol. The molecular formula is C14H19Br. The maximum atomic E-state index is 3.80. The van der Waals surface area contributed by atoms with E-state index in [0.717, 1.165) is 0 Å². The van der Waals surface area contributed by atoms with E-state index in [4.69, 9.17) is 0 Å². The smallest absolute Gasteiger partial charge is 0.00112 e. The maximum absolute atomic E-state index is 3.80. The number of fused-ring (bicyclic) bond motifs is 1. The Kier molecular flexibility index (Phi) is 2.35. The van der Waals surface area contributed by atoms with E-state index in [2.05, 4.69) is 22.9 Å². The summed E-state index contributed by atoms with van der Waals surface area (Å²) in [5.74, 6) is 0. The van der Waals surface area contributed by atoms with Crippen molar-refractivity contribution in [3.05, 3.63) is 21.2 Å². The van der Waals surface area contributed by atoms with Crippen molar-refractivity contribution in [3.8, 4) is 0 Å². The highest BCUT2D eigenvalue weighted by atomic mass is 79.9. The third kappa shape index (κ3) is 1.54. The van der Waals surface area contributed by atoms with Gasteiger partial charge in [-0.3, -0.25) is 0 Å². The molecule has 0 amide bonds. The van der Waals surface area contributed by atoms with Gasteiger partial charge in [-0.2, -0.15) is 0 Å². The van der Waals surface area contributed by atoms with Gasteiger partial charge < -0.3 is 0 Å². The third-order valence-electron chi connectivity index (χ3n) is 4.69. The molecule has 0 saturated heterocycles. The van der Waals surface area contributed by atoms with Crippen molar-refractivity contribution in [2.75, 3.05) is 0 Å². The summed E-state index contributed by atoms with van der Waals surface area (Å²) < 4.78 is 1.52. The molecule has 0 bridgehead atoms. The molecule has 0 radical (unpaired) electrons. The number of halogens is 1. The Morgan fingerprint density at radius 1 is 1.00 bits per heavy atom. The van der Waals surface area contributed by atoms with Crippen LogP contribution in [-0.4, -0.2) is 0 Å². The van der Waals surface area contributed by atoms with E-state index in [1.54, 1.807) is 16.7 Å². The molecule has 0 unspecified atom stereocenters. The summed E-state index contributed by atoms with van der Waals surface area (Å²) in [5.41, 5.74) is 5.79. The van der Waals surface area contributed by atoms with E-state index in [9.17, 15) is 0 Å². The van der Waals surface area contributed by atoms with Crippen LogP contribution >= 0.6 is 15.9 Å². The summed E-state index contributed by atoms with van der Waals surface area (Å²) in [5, 5.41) is 0. The van der Waals surface area contributed by atoms with Gasteiger partial charge >= 0.3 is 0 Å². The average Bonchev–Trinajstić information content (AvgIpc) is 2.82. The first kappa shape index (κ1) is 10.1. The van der Waals surface area contributed by atoms with Gasteiger partial charge in [-0.1, -0.05) is 34.3 Å². The second kappa shape index (κ2) is 3.48. The topological polar surface area (TPSA) is 0 Å². The Balaban J connectivity index is 2.00. The zero-order chi connectivity index (χ0) is 10.5. The van der Waals surface area contributed by atoms with E-state index in [-0.39, 0.29) is 0 Å². The number of rotatable bonds is 0. The molecule has 0 heterocycles. The summed E-state index contributed by atoms with van der Waals surface area (Å²) in [6, 6.07) is 0. The molecule has 0 aliphatic heterocycles. The molecule has 82 valence electrons. The SMILES string of the molecule is CC1=C2CC3(CCCC3)CC2=C(Br)CC1. The Bertz CT molecular complexity index is 324. The minimum absolute atomic E-state index is 0.690. The van der Waals surface area contributed by atoms with Crippen LogP contribution in [0.4, 0.5) is 0 Å². The molecule has 15 heavy (non-hydrogen) atoms. The first-order valence-electron chi connectivity index (χ1n) is 6.27. The molecule has 1 heteroatoms. The summed E-state index contributed by atoms with van der Waals surface area (Å²) in [4.78, 5) is 0. The quantitative estimate of drug-likeness (QED) is 0.572. The van der Waals surface area contributed by atoms with Crippen LogP contribution < -0.4 is 0 Å². The number of allylic oxidation sites excluding steroid dienone is 4. The van der Waals surface area contributed by atoms with Gasteiger partial charge in [-0.25, -0.2) is 0 Å². The summed E-state index contributed by atoms with van der Waals surface area (Å²) in [6.07, 6.45) is 11.2. The first-order chi connectivity index (χ1) is 7.20. The molecule has 0 aromatic carbocycles. The largest absolute Gasteiger partial charge is 0.0694 e. The van der Waals surface area contributed by atoms with Gasteiger partial charge in [-0.15, -0.1) is 0 Å². The summed E-state index contributed by atoms with van der Waals surface area (Å²) in [6.45, 7) is 2.35. The minimum Gasteiger partial charge on any atom is -0.0694 e. The third-order valence-corrected chi connectivity index (χ3v) is 5.57. The van der Waals surface area contributed by atoms with Gasteiger partial charge in [0.15, 0.2) is 0 Å². The Labute approximate surface area is 101 Å². The molecule has 0 atom stereocenters. The Hall–Kier alpha value is -0.0400. The van der Waals surface area contributed by atoms with Gasteiger partial charge in [0, 0.05) is 0 Å². The highest BCUT2D eigenvalue weighted by Crippen LogP contribution is 2.58. The van der Waals surface area contributed by atoms with E-state index >= 15 is 0 Å². The van der Waals surface area contributed by atoms with E-state index in [0.29, 0.717) is 5.41 Å². The van der Waals surface area contributed by atoms with Crippen molar-refractivity contribution in [3.63, 3.8) is 0 Å². The van der Waals surface area contributed by atoms with Crippen molar-refractivity contribution in [1.29, 1.82) is 0 Å². The van der Waals surface area contributed by atoms with Crippen LogP contribution in [0.2, 0.25) is 0 Å². The monoisotopic (exact) mass is 266 g/mol. The zero-order valence-electron chi connectivity index (χ0n) is 9.53. The van der Waals surface area contributed by atoms with Crippen LogP contribution in [0, 0.1) is 5.41 Å². The van der Waals surface area contributed by atoms with Gasteiger partial charge in [0.05, 0.1) is 0 Å². The van der Waals surface area contributed by atoms with Crippen LogP contribution in [0.25, 0.3) is 0 Å². The second-order valence-electron chi connectivity index (χ2n) is 5.70. The lowest BCUT2D eigenvalue weighted by atomic mass is 9.84. The zero-order valence-corrected chi connectivity index (χ0v) is 11.1. The van der Waals surface area contributed by atoms with Gasteiger partial charge in [0.25, 0.3) is 0 Å². The average molecular weight is 267 g/mol. The lowest BCUT2D eigenvalue weighted by Crippen LogP contribution is -2.09. The van der Waals surface area contributed by atoms with E-state index in [1.807, 2.05) is 0 Å². The molecule has 0 aromatic rings. The van der Waals surface area contributed by atoms with Crippen LogP contribution in [-0.2, 0) is 0 Å². The van der Waals surface area contributed by atoms with E-state index < -0.39 is 0 Å². The van der Waals surface area contributed by atoms with Crippen LogP contribution in [0.5, 0.6) is 0 Å². The van der Waals surface area contributed by atoms with Crippen LogP contribution in [0.15, 0.2) is 21.2 Å². The molecule has 0 aromatic heterocycles. The van der Waals surface area contributed by atoms with Crippen molar-refractivity contribution in [2.45, 2.75) is 58.3 Å². The van der Waals surface area contributed by atoms with Gasteiger partial charge in [0.1, 0.15) is 0 Å². The molecular weight excluding hydrogens is 248 g/mol. The van der Waals surface area contributed by atoms with Crippen molar-refractivity contribution >= 4 is 15.9 Å². The fourth-order valence-corrected chi connectivity index (χ4v) is 4.35. The van der Waals surface area contributed by atoms with Crippen molar-refractivity contribution in [2.24, 2.45) is 5.41 Å². The normalized spacial score (nSPS) is 29.2. The molecule has 1 spiro atoms. The minimum atomic E-state index is 0.690. The summed E-state index contributed by atoms with van der Waals surface area (Å²) >= 11 is 3.80. The lowest BCUT2D eigenvalue weighted by Gasteiger charge is -2.20. The van der Waals surface area contributed by atoms with Gasteiger partial charge in [0.2, 0.25) is 0 Å². The lowest BCUT2D eigenvalue weighted by molar-refractivity contribution is 0.325. The predicted octanol–water partition coefficient (Wildman–Crippen LogP) is 5.10. The van der Waals surface area contributed by atoms with Crippen LogP contribution in [0.1, 0.15) is 58.3 Å². The number of hydrogen-bond acceptors (Lipinski definition) is 0. The summed E-state index contributed by atoms with van der Waals surface area (Å²) in [7, 11) is 0. The highest BCUT2D eigenvalue weighted by Gasteiger charge is 2.43. The van der Waals surface area contributed by atoms with E-state index in [1.165, 1.54) is 55.8 Å². The molecule has 0 N–H and O–H groups in total. The Morgan fingerprint density at radius 3 is 2.33 bits per heavy atom. The molecule has 3 rings (SSSR count). The fraction of sp³-hybridized carbons (Fsp3) is 0.714. The van der Waals surface area contributed by atoms with Gasteiger partial charge in [-0.05, 0) is 66.5 Å². The first-order valence-corrected chi connectivity index (χ1v) is 7.06. The molecule has 2 saturated carbocycles. The van der Waals surface area contributed by atoms with Crippen molar-refractivity contribution in [1.82, 2.24) is 0 Å². The Morgan fingerprint density at radius 2 is 1.67 bits per heavy atom.